The van der Waals surface area contributed by atoms with E-state index in [4.69, 9.17) is 9.84 Å². The first-order chi connectivity index (χ1) is 17.6. The highest BCUT2D eigenvalue weighted by atomic mass is 16.5. The number of carbonyl (C=O) groups excluding carboxylic acids is 1. The third kappa shape index (κ3) is 4.98. The number of rotatable bonds is 8. The summed E-state index contributed by atoms with van der Waals surface area (Å²) in [7, 11) is 1.57. The summed E-state index contributed by atoms with van der Waals surface area (Å²) in [6, 6.07) is 26.2. The SMILES string of the molecule is COc1ccccc1C(=O)NCc1ccc(-c2nn(C3CCCC3)c(Nc3ccccc3)c2C)cc1. The van der Waals surface area contributed by atoms with Gasteiger partial charge >= 0.3 is 0 Å². The molecule has 1 saturated carbocycles. The van der Waals surface area contributed by atoms with Crippen LogP contribution in [0.25, 0.3) is 11.3 Å². The lowest BCUT2D eigenvalue weighted by atomic mass is 10.1. The minimum atomic E-state index is -0.153. The highest BCUT2D eigenvalue weighted by Gasteiger charge is 2.24. The van der Waals surface area contributed by atoms with Crippen molar-refractivity contribution in [2.24, 2.45) is 0 Å². The summed E-state index contributed by atoms with van der Waals surface area (Å²) >= 11 is 0. The van der Waals surface area contributed by atoms with Gasteiger partial charge in [-0.1, -0.05) is 67.4 Å². The van der Waals surface area contributed by atoms with Crippen molar-refractivity contribution in [2.75, 3.05) is 12.4 Å². The molecule has 0 atom stereocenters. The van der Waals surface area contributed by atoms with E-state index >= 15 is 0 Å². The Morgan fingerprint density at radius 1 is 0.972 bits per heavy atom. The Kier molecular flexibility index (Phi) is 7.03. The molecule has 0 spiro atoms. The van der Waals surface area contributed by atoms with Gasteiger partial charge in [-0.2, -0.15) is 5.10 Å². The molecule has 6 heteroatoms. The van der Waals surface area contributed by atoms with Crippen LogP contribution in [0.4, 0.5) is 11.5 Å². The molecule has 4 aromatic rings. The maximum atomic E-state index is 12.6. The van der Waals surface area contributed by atoms with Crippen molar-refractivity contribution in [1.29, 1.82) is 0 Å². The largest absolute Gasteiger partial charge is 0.496 e. The summed E-state index contributed by atoms with van der Waals surface area (Å²) in [6.07, 6.45) is 4.82. The molecule has 5 rings (SSSR count). The van der Waals surface area contributed by atoms with Gasteiger partial charge in [0.2, 0.25) is 0 Å². The zero-order valence-corrected chi connectivity index (χ0v) is 20.8. The molecule has 184 valence electrons. The predicted octanol–water partition coefficient (Wildman–Crippen LogP) is 6.66. The second-order valence-electron chi connectivity index (χ2n) is 9.28. The first-order valence-corrected chi connectivity index (χ1v) is 12.6. The molecule has 1 fully saturated rings. The summed E-state index contributed by atoms with van der Waals surface area (Å²) in [5, 5.41) is 11.7. The van der Waals surface area contributed by atoms with Gasteiger partial charge in [0.1, 0.15) is 11.6 Å². The fourth-order valence-corrected chi connectivity index (χ4v) is 4.90. The van der Waals surface area contributed by atoms with Crippen LogP contribution in [0.3, 0.4) is 0 Å². The molecular formula is C30H32N4O2. The molecule has 1 aromatic heterocycles. The molecule has 2 N–H and O–H groups in total. The topological polar surface area (TPSA) is 68.2 Å². The lowest BCUT2D eigenvalue weighted by molar-refractivity contribution is 0.0948. The van der Waals surface area contributed by atoms with Crippen molar-refractivity contribution in [3.05, 3.63) is 95.6 Å². The summed E-state index contributed by atoms with van der Waals surface area (Å²) in [6.45, 7) is 2.58. The van der Waals surface area contributed by atoms with E-state index in [1.54, 1.807) is 19.2 Å². The number of hydrogen-bond donors (Lipinski definition) is 2. The van der Waals surface area contributed by atoms with Crippen LogP contribution in [0, 0.1) is 6.92 Å². The van der Waals surface area contributed by atoms with Crippen LogP contribution in [0.5, 0.6) is 5.75 Å². The number of hydrogen-bond acceptors (Lipinski definition) is 4. The van der Waals surface area contributed by atoms with Gasteiger partial charge in [-0.05, 0) is 49.6 Å². The van der Waals surface area contributed by atoms with E-state index in [1.807, 2.05) is 30.3 Å². The second kappa shape index (κ2) is 10.7. The predicted molar refractivity (Wildman–Crippen MR) is 144 cm³/mol. The van der Waals surface area contributed by atoms with E-state index in [0.717, 1.165) is 46.7 Å². The van der Waals surface area contributed by atoms with E-state index in [0.29, 0.717) is 23.9 Å². The molecular weight excluding hydrogens is 448 g/mol. The Morgan fingerprint density at radius 3 is 2.39 bits per heavy atom. The number of nitrogens with zero attached hydrogens (tertiary/aromatic N) is 2. The number of para-hydroxylation sites is 2. The number of anilines is 2. The van der Waals surface area contributed by atoms with Gasteiger partial charge in [0.05, 0.1) is 24.4 Å². The van der Waals surface area contributed by atoms with Crippen molar-refractivity contribution in [2.45, 2.75) is 45.2 Å². The summed E-state index contributed by atoms with van der Waals surface area (Å²) in [5.41, 5.74) is 5.82. The summed E-state index contributed by atoms with van der Waals surface area (Å²) < 4.78 is 7.51. The number of methoxy groups -OCH3 is 1. The quantitative estimate of drug-likeness (QED) is 0.296. The van der Waals surface area contributed by atoms with E-state index < -0.39 is 0 Å². The van der Waals surface area contributed by atoms with Crippen molar-refractivity contribution in [3.8, 4) is 17.0 Å². The standard InChI is InChI=1S/C30H32N4O2/c1-21-28(33-34(25-12-6-7-13-25)29(21)32-24-10-4-3-5-11-24)23-18-16-22(17-19-23)20-31-30(35)26-14-8-9-15-27(26)36-2/h3-5,8-11,14-19,25,32H,6-7,12-13,20H2,1-2H3,(H,31,35). The lowest BCUT2D eigenvalue weighted by Gasteiger charge is -2.16. The van der Waals surface area contributed by atoms with Crippen molar-refractivity contribution >= 4 is 17.4 Å². The van der Waals surface area contributed by atoms with Gasteiger partial charge in [-0.25, -0.2) is 4.68 Å². The molecule has 1 aliphatic rings. The van der Waals surface area contributed by atoms with Gasteiger partial charge in [0, 0.05) is 23.4 Å². The van der Waals surface area contributed by atoms with E-state index in [9.17, 15) is 4.79 Å². The smallest absolute Gasteiger partial charge is 0.255 e. The molecule has 0 radical (unpaired) electrons. The molecule has 1 heterocycles. The monoisotopic (exact) mass is 480 g/mol. The number of benzene rings is 3. The fraction of sp³-hybridized carbons (Fsp3) is 0.267. The van der Waals surface area contributed by atoms with E-state index in [1.165, 1.54) is 12.8 Å². The normalized spacial score (nSPS) is 13.5. The number of nitrogens with one attached hydrogen (secondary N) is 2. The highest BCUT2D eigenvalue weighted by Crippen LogP contribution is 2.37. The Hall–Kier alpha value is -4.06. The van der Waals surface area contributed by atoms with Gasteiger partial charge in [0.25, 0.3) is 5.91 Å². The summed E-state index contributed by atoms with van der Waals surface area (Å²) in [4.78, 5) is 12.6. The number of amides is 1. The Morgan fingerprint density at radius 2 is 1.67 bits per heavy atom. The summed E-state index contributed by atoms with van der Waals surface area (Å²) in [5.74, 6) is 1.48. The minimum absolute atomic E-state index is 0.153. The highest BCUT2D eigenvalue weighted by molar-refractivity contribution is 5.96. The van der Waals surface area contributed by atoms with Crippen molar-refractivity contribution in [3.63, 3.8) is 0 Å². The number of aromatic nitrogens is 2. The Labute approximate surface area is 212 Å². The number of carbonyl (C=O) groups is 1. The molecule has 0 unspecified atom stereocenters. The second-order valence-corrected chi connectivity index (χ2v) is 9.28. The average molecular weight is 481 g/mol. The van der Waals surface area contributed by atoms with E-state index in [2.05, 4.69) is 58.6 Å². The third-order valence-corrected chi connectivity index (χ3v) is 6.89. The van der Waals surface area contributed by atoms with Crippen LogP contribution < -0.4 is 15.4 Å². The zero-order valence-electron chi connectivity index (χ0n) is 20.8. The maximum absolute atomic E-state index is 12.6. The Bertz CT molecular complexity index is 1320. The van der Waals surface area contributed by atoms with Gasteiger partial charge in [-0.3, -0.25) is 4.79 Å². The van der Waals surface area contributed by atoms with E-state index in [-0.39, 0.29) is 5.91 Å². The zero-order chi connectivity index (χ0) is 24.9. The number of ether oxygens (including phenoxy) is 1. The first-order valence-electron chi connectivity index (χ1n) is 12.6. The average Bonchev–Trinajstić information content (AvgIpc) is 3.57. The molecule has 3 aromatic carbocycles. The molecule has 0 saturated heterocycles. The van der Waals surface area contributed by atoms with Crippen molar-refractivity contribution < 1.29 is 9.53 Å². The van der Waals surface area contributed by atoms with Gasteiger partial charge < -0.3 is 15.4 Å². The fourth-order valence-electron chi connectivity index (χ4n) is 4.90. The van der Waals surface area contributed by atoms with Crippen LogP contribution in [0.2, 0.25) is 0 Å². The van der Waals surface area contributed by atoms with Crippen molar-refractivity contribution in [1.82, 2.24) is 15.1 Å². The molecule has 1 aliphatic carbocycles. The van der Waals surface area contributed by atoms with Crippen LogP contribution in [0.15, 0.2) is 78.9 Å². The molecule has 1 amide bonds. The van der Waals surface area contributed by atoms with Crippen LogP contribution >= 0.6 is 0 Å². The Balaban J connectivity index is 1.35. The first kappa shape index (κ1) is 23.7. The van der Waals surface area contributed by atoms with Crippen LogP contribution in [-0.2, 0) is 6.54 Å². The third-order valence-electron chi connectivity index (χ3n) is 6.89. The van der Waals surface area contributed by atoms with Gasteiger partial charge in [-0.15, -0.1) is 0 Å². The molecule has 6 nitrogen and oxygen atoms in total. The molecule has 0 bridgehead atoms. The molecule has 36 heavy (non-hydrogen) atoms. The van der Waals surface area contributed by atoms with Crippen LogP contribution in [-0.4, -0.2) is 22.8 Å². The maximum Gasteiger partial charge on any atom is 0.255 e. The van der Waals surface area contributed by atoms with Crippen LogP contribution in [0.1, 0.15) is 53.2 Å². The minimum Gasteiger partial charge on any atom is -0.496 e. The molecule has 0 aliphatic heterocycles. The van der Waals surface area contributed by atoms with Gasteiger partial charge in [0.15, 0.2) is 0 Å². The lowest BCUT2D eigenvalue weighted by Crippen LogP contribution is -2.23.